The standard InChI is InChI=1S/C15H13BrFNO3/c1-2-20-15(19)9-3-5-14(12(18)7-9)21-13-6-4-10(16)8-11(13)17/h3-8H,2,18H2,1H3. The van der Waals surface area contributed by atoms with Gasteiger partial charge in [0.25, 0.3) is 0 Å². The Balaban J connectivity index is 2.23. The maximum absolute atomic E-state index is 13.7. The number of ether oxygens (including phenoxy) is 2. The van der Waals surface area contributed by atoms with E-state index in [0.717, 1.165) is 0 Å². The number of hydrogen-bond donors (Lipinski definition) is 1. The van der Waals surface area contributed by atoms with Crippen molar-refractivity contribution in [3.63, 3.8) is 0 Å². The number of carbonyl (C=O) groups is 1. The molecule has 6 heteroatoms. The molecule has 0 amide bonds. The minimum Gasteiger partial charge on any atom is -0.462 e. The predicted molar refractivity (Wildman–Crippen MR) is 81.0 cm³/mol. The second kappa shape index (κ2) is 6.58. The second-order valence-corrected chi connectivity index (χ2v) is 5.07. The molecule has 4 nitrogen and oxygen atoms in total. The van der Waals surface area contributed by atoms with Gasteiger partial charge >= 0.3 is 5.97 Å². The molecule has 0 spiro atoms. The van der Waals surface area contributed by atoms with Crippen molar-refractivity contribution >= 4 is 27.6 Å². The summed E-state index contributed by atoms with van der Waals surface area (Å²) in [7, 11) is 0. The van der Waals surface area contributed by atoms with E-state index >= 15 is 0 Å². The lowest BCUT2D eigenvalue weighted by Crippen LogP contribution is -2.05. The molecule has 2 aromatic rings. The van der Waals surface area contributed by atoms with Crippen LogP contribution < -0.4 is 10.5 Å². The van der Waals surface area contributed by atoms with Crippen molar-refractivity contribution in [1.29, 1.82) is 0 Å². The Morgan fingerprint density at radius 2 is 1.95 bits per heavy atom. The number of carbonyl (C=O) groups excluding carboxylic acids is 1. The number of anilines is 1. The highest BCUT2D eigenvalue weighted by atomic mass is 79.9. The summed E-state index contributed by atoms with van der Waals surface area (Å²) in [6, 6.07) is 8.88. The van der Waals surface area contributed by atoms with E-state index in [0.29, 0.717) is 10.0 Å². The minimum atomic E-state index is -0.516. The zero-order valence-electron chi connectivity index (χ0n) is 11.2. The molecule has 0 heterocycles. The number of nitrogen functional groups attached to an aromatic ring is 1. The van der Waals surface area contributed by atoms with Crippen molar-refractivity contribution < 1.29 is 18.7 Å². The fourth-order valence-electron chi connectivity index (χ4n) is 1.66. The molecule has 110 valence electrons. The molecule has 0 radical (unpaired) electrons. The zero-order valence-corrected chi connectivity index (χ0v) is 12.8. The molecule has 0 bridgehead atoms. The van der Waals surface area contributed by atoms with Crippen LogP contribution in [0.5, 0.6) is 11.5 Å². The first-order chi connectivity index (χ1) is 10.0. The maximum Gasteiger partial charge on any atom is 0.338 e. The Bertz CT molecular complexity index is 676. The molecular formula is C15H13BrFNO3. The van der Waals surface area contributed by atoms with Gasteiger partial charge in [0.1, 0.15) is 0 Å². The molecule has 0 saturated carbocycles. The first-order valence-corrected chi connectivity index (χ1v) is 7.00. The van der Waals surface area contributed by atoms with Gasteiger partial charge in [0.05, 0.1) is 17.9 Å². The normalized spacial score (nSPS) is 10.2. The SMILES string of the molecule is CCOC(=O)c1ccc(Oc2ccc(Br)cc2F)c(N)c1. The summed E-state index contributed by atoms with van der Waals surface area (Å²) in [5.74, 6) is -0.665. The van der Waals surface area contributed by atoms with Crippen LogP contribution >= 0.6 is 15.9 Å². The Hall–Kier alpha value is -2.08. The van der Waals surface area contributed by atoms with Gasteiger partial charge in [0, 0.05) is 4.47 Å². The molecule has 2 aromatic carbocycles. The molecule has 0 aliphatic rings. The number of rotatable bonds is 4. The monoisotopic (exact) mass is 353 g/mol. The molecule has 0 aromatic heterocycles. The van der Waals surface area contributed by atoms with E-state index in [9.17, 15) is 9.18 Å². The van der Waals surface area contributed by atoms with E-state index in [1.165, 1.54) is 30.3 Å². The van der Waals surface area contributed by atoms with E-state index in [-0.39, 0.29) is 23.8 Å². The van der Waals surface area contributed by atoms with Gasteiger partial charge in [-0.2, -0.15) is 0 Å². The molecule has 0 unspecified atom stereocenters. The van der Waals surface area contributed by atoms with Gasteiger partial charge in [0.2, 0.25) is 0 Å². The maximum atomic E-state index is 13.7. The number of hydrogen-bond acceptors (Lipinski definition) is 4. The van der Waals surface area contributed by atoms with Crippen LogP contribution in [0.3, 0.4) is 0 Å². The summed E-state index contributed by atoms with van der Waals surface area (Å²) < 4.78 is 24.6. The second-order valence-electron chi connectivity index (χ2n) is 4.15. The number of esters is 1. The fraction of sp³-hybridized carbons (Fsp3) is 0.133. The van der Waals surface area contributed by atoms with E-state index in [4.69, 9.17) is 15.2 Å². The molecule has 0 atom stereocenters. The highest BCUT2D eigenvalue weighted by molar-refractivity contribution is 9.10. The van der Waals surface area contributed by atoms with Gasteiger partial charge in [0.15, 0.2) is 17.3 Å². The van der Waals surface area contributed by atoms with Crippen molar-refractivity contribution in [3.05, 3.63) is 52.3 Å². The van der Waals surface area contributed by atoms with Crippen LogP contribution in [0.25, 0.3) is 0 Å². The van der Waals surface area contributed by atoms with Gasteiger partial charge < -0.3 is 15.2 Å². The summed E-state index contributed by atoms with van der Waals surface area (Å²) in [5.41, 5.74) is 6.36. The number of halogens is 2. The molecule has 0 fully saturated rings. The van der Waals surface area contributed by atoms with E-state index in [1.807, 2.05) is 0 Å². The highest BCUT2D eigenvalue weighted by Gasteiger charge is 2.12. The average molecular weight is 354 g/mol. The van der Waals surface area contributed by atoms with Gasteiger partial charge in [-0.25, -0.2) is 9.18 Å². The van der Waals surface area contributed by atoms with Gasteiger partial charge in [-0.15, -0.1) is 0 Å². The van der Waals surface area contributed by atoms with Crippen LogP contribution in [0.4, 0.5) is 10.1 Å². The first-order valence-electron chi connectivity index (χ1n) is 6.20. The summed E-state index contributed by atoms with van der Waals surface area (Å²) >= 11 is 3.16. The molecule has 2 rings (SSSR count). The quantitative estimate of drug-likeness (QED) is 0.662. The van der Waals surface area contributed by atoms with Gasteiger partial charge in [-0.3, -0.25) is 0 Å². The van der Waals surface area contributed by atoms with E-state index in [1.54, 1.807) is 13.0 Å². The molecule has 0 saturated heterocycles. The highest BCUT2D eigenvalue weighted by Crippen LogP contribution is 2.31. The molecule has 0 aliphatic carbocycles. The Morgan fingerprint density at radius 3 is 2.57 bits per heavy atom. The molecule has 2 N–H and O–H groups in total. The number of nitrogens with two attached hydrogens (primary N) is 1. The summed E-state index contributed by atoms with van der Waals surface area (Å²) in [5, 5.41) is 0. The lowest BCUT2D eigenvalue weighted by molar-refractivity contribution is 0.0526. The third kappa shape index (κ3) is 3.72. The van der Waals surface area contributed by atoms with Crippen molar-refractivity contribution in [3.8, 4) is 11.5 Å². The van der Waals surface area contributed by atoms with Crippen LogP contribution in [-0.2, 0) is 4.74 Å². The van der Waals surface area contributed by atoms with Gasteiger partial charge in [-0.05, 0) is 43.3 Å². The number of benzene rings is 2. The van der Waals surface area contributed by atoms with Crippen LogP contribution in [0.2, 0.25) is 0 Å². The first kappa shape index (κ1) is 15.3. The summed E-state index contributed by atoms with van der Waals surface area (Å²) in [4.78, 5) is 11.6. The summed E-state index contributed by atoms with van der Waals surface area (Å²) in [6.07, 6.45) is 0. The van der Waals surface area contributed by atoms with Crippen molar-refractivity contribution in [1.82, 2.24) is 0 Å². The van der Waals surface area contributed by atoms with Gasteiger partial charge in [-0.1, -0.05) is 15.9 Å². The average Bonchev–Trinajstić information content (AvgIpc) is 2.44. The predicted octanol–water partition coefficient (Wildman–Crippen LogP) is 4.14. The van der Waals surface area contributed by atoms with Crippen molar-refractivity contribution in [2.45, 2.75) is 6.92 Å². The summed E-state index contributed by atoms with van der Waals surface area (Å²) in [6.45, 7) is 2.00. The Labute approximate surface area is 129 Å². The molecule has 21 heavy (non-hydrogen) atoms. The van der Waals surface area contributed by atoms with Crippen LogP contribution in [0.1, 0.15) is 17.3 Å². The van der Waals surface area contributed by atoms with Crippen LogP contribution in [-0.4, -0.2) is 12.6 Å². The lowest BCUT2D eigenvalue weighted by Gasteiger charge is -2.10. The Kier molecular flexibility index (Phi) is 4.80. The fourth-order valence-corrected chi connectivity index (χ4v) is 1.99. The van der Waals surface area contributed by atoms with Crippen LogP contribution in [0, 0.1) is 5.82 Å². The molecule has 0 aliphatic heterocycles. The largest absolute Gasteiger partial charge is 0.462 e. The van der Waals surface area contributed by atoms with E-state index in [2.05, 4.69) is 15.9 Å². The lowest BCUT2D eigenvalue weighted by atomic mass is 10.2. The third-order valence-corrected chi connectivity index (χ3v) is 3.13. The minimum absolute atomic E-state index is 0.0498. The Morgan fingerprint density at radius 1 is 1.24 bits per heavy atom. The zero-order chi connectivity index (χ0) is 15.4. The third-order valence-electron chi connectivity index (χ3n) is 2.63. The van der Waals surface area contributed by atoms with Crippen LogP contribution in [0.15, 0.2) is 40.9 Å². The molecular weight excluding hydrogens is 341 g/mol. The van der Waals surface area contributed by atoms with Crippen molar-refractivity contribution in [2.75, 3.05) is 12.3 Å². The van der Waals surface area contributed by atoms with E-state index < -0.39 is 11.8 Å². The smallest absolute Gasteiger partial charge is 0.338 e. The van der Waals surface area contributed by atoms with Crippen molar-refractivity contribution in [2.24, 2.45) is 0 Å². The topological polar surface area (TPSA) is 61.5 Å².